The number of rotatable bonds is 7. The summed E-state index contributed by atoms with van der Waals surface area (Å²) >= 11 is 0. The van der Waals surface area contributed by atoms with Crippen molar-refractivity contribution in [3.05, 3.63) is 65.7 Å². The quantitative estimate of drug-likeness (QED) is 0.672. The smallest absolute Gasteiger partial charge is 0.315 e. The van der Waals surface area contributed by atoms with Gasteiger partial charge in [0.15, 0.2) is 0 Å². The van der Waals surface area contributed by atoms with Gasteiger partial charge in [-0.05, 0) is 49.9 Å². The first-order chi connectivity index (χ1) is 14.1. The molecule has 1 aliphatic rings. The van der Waals surface area contributed by atoms with Gasteiger partial charge in [0, 0.05) is 30.4 Å². The number of anilines is 1. The molecule has 0 heterocycles. The topological polar surface area (TPSA) is 61.4 Å². The van der Waals surface area contributed by atoms with Gasteiger partial charge in [0.2, 0.25) is 0 Å². The minimum absolute atomic E-state index is 0.0130. The van der Waals surface area contributed by atoms with Gasteiger partial charge in [-0.2, -0.15) is 0 Å². The van der Waals surface area contributed by atoms with Crippen LogP contribution in [0.2, 0.25) is 0 Å². The highest BCUT2D eigenvalue weighted by Crippen LogP contribution is 2.19. The standard InChI is InChI=1S/C24H31N3O2/c1-19-11-8-9-16-22(19)23(28)27(21-14-6-3-7-15-21)18-10-17-25-24(29)26-20-12-4-2-5-13-20/h3,6-9,11,14-16,20H,2,4-5,10,12-13,17-18H2,1H3,(H2,25,26,29). The summed E-state index contributed by atoms with van der Waals surface area (Å²) in [5.41, 5.74) is 2.54. The van der Waals surface area contributed by atoms with E-state index < -0.39 is 0 Å². The van der Waals surface area contributed by atoms with E-state index in [1.807, 2.05) is 61.5 Å². The number of aryl methyl sites for hydroxylation is 1. The number of amides is 3. The molecular weight excluding hydrogens is 362 g/mol. The Balaban J connectivity index is 1.56. The van der Waals surface area contributed by atoms with Crippen molar-refractivity contribution in [3.63, 3.8) is 0 Å². The van der Waals surface area contributed by atoms with Gasteiger partial charge in [-0.1, -0.05) is 55.7 Å². The van der Waals surface area contributed by atoms with Crippen LogP contribution in [0.1, 0.15) is 54.4 Å². The first-order valence-corrected chi connectivity index (χ1v) is 10.6. The minimum atomic E-state index is -0.103. The van der Waals surface area contributed by atoms with E-state index in [1.54, 1.807) is 4.90 Å². The zero-order valence-electron chi connectivity index (χ0n) is 17.2. The summed E-state index contributed by atoms with van der Waals surface area (Å²) in [6.07, 6.45) is 6.48. The number of hydrogen-bond donors (Lipinski definition) is 2. The molecule has 1 fully saturated rings. The van der Waals surface area contributed by atoms with Crippen LogP contribution in [0.3, 0.4) is 0 Å². The molecule has 0 radical (unpaired) electrons. The van der Waals surface area contributed by atoms with E-state index in [4.69, 9.17) is 0 Å². The van der Waals surface area contributed by atoms with Crippen LogP contribution in [-0.4, -0.2) is 31.1 Å². The van der Waals surface area contributed by atoms with Crippen LogP contribution in [0.15, 0.2) is 54.6 Å². The molecule has 29 heavy (non-hydrogen) atoms. The molecule has 154 valence electrons. The molecule has 2 N–H and O–H groups in total. The summed E-state index contributed by atoms with van der Waals surface area (Å²) in [6, 6.07) is 17.5. The lowest BCUT2D eigenvalue weighted by Gasteiger charge is -2.25. The number of carbonyl (C=O) groups excluding carboxylic acids is 2. The fourth-order valence-corrected chi connectivity index (χ4v) is 3.84. The predicted octanol–water partition coefficient (Wildman–Crippen LogP) is 4.66. The molecule has 2 aromatic carbocycles. The molecule has 0 bridgehead atoms. The number of nitrogens with zero attached hydrogens (tertiary/aromatic N) is 1. The molecule has 0 atom stereocenters. The van der Waals surface area contributed by atoms with Gasteiger partial charge in [0.25, 0.3) is 5.91 Å². The lowest BCUT2D eigenvalue weighted by atomic mass is 9.96. The highest BCUT2D eigenvalue weighted by Gasteiger charge is 2.19. The van der Waals surface area contributed by atoms with Gasteiger partial charge in [-0.25, -0.2) is 4.79 Å². The van der Waals surface area contributed by atoms with Gasteiger partial charge in [0.1, 0.15) is 0 Å². The molecule has 2 aromatic rings. The van der Waals surface area contributed by atoms with Crippen molar-refractivity contribution in [1.82, 2.24) is 10.6 Å². The Labute approximate surface area is 173 Å². The van der Waals surface area contributed by atoms with Crippen LogP contribution < -0.4 is 15.5 Å². The molecule has 5 nitrogen and oxygen atoms in total. The molecule has 5 heteroatoms. The van der Waals surface area contributed by atoms with E-state index in [0.717, 1.165) is 24.1 Å². The number of nitrogens with one attached hydrogen (secondary N) is 2. The number of para-hydroxylation sites is 1. The Morgan fingerprint density at radius 1 is 0.966 bits per heavy atom. The van der Waals surface area contributed by atoms with Gasteiger partial charge in [0.05, 0.1) is 0 Å². The zero-order chi connectivity index (χ0) is 20.5. The summed E-state index contributed by atoms with van der Waals surface area (Å²) in [5, 5.41) is 6.00. The van der Waals surface area contributed by atoms with Crippen molar-refractivity contribution in [2.24, 2.45) is 0 Å². The first kappa shape index (κ1) is 20.9. The monoisotopic (exact) mass is 393 g/mol. The predicted molar refractivity (Wildman–Crippen MR) is 117 cm³/mol. The van der Waals surface area contributed by atoms with Crippen molar-refractivity contribution < 1.29 is 9.59 Å². The molecule has 0 spiro atoms. The maximum absolute atomic E-state index is 13.2. The third kappa shape index (κ3) is 6.08. The second-order valence-corrected chi connectivity index (χ2v) is 7.70. The first-order valence-electron chi connectivity index (χ1n) is 10.6. The summed E-state index contributed by atoms with van der Waals surface area (Å²) < 4.78 is 0. The van der Waals surface area contributed by atoms with Crippen molar-refractivity contribution in [1.29, 1.82) is 0 Å². The van der Waals surface area contributed by atoms with E-state index >= 15 is 0 Å². The molecule has 0 unspecified atom stereocenters. The second kappa shape index (κ2) is 10.6. The third-order valence-corrected chi connectivity index (χ3v) is 5.47. The SMILES string of the molecule is Cc1ccccc1C(=O)N(CCCNC(=O)NC1CCCCC1)c1ccccc1. The van der Waals surface area contributed by atoms with Gasteiger partial charge in [-0.15, -0.1) is 0 Å². The number of urea groups is 1. The zero-order valence-corrected chi connectivity index (χ0v) is 17.2. The molecule has 3 rings (SSSR count). The molecule has 3 amide bonds. The Bertz CT molecular complexity index is 801. The van der Waals surface area contributed by atoms with E-state index in [0.29, 0.717) is 31.1 Å². The van der Waals surface area contributed by atoms with Crippen LogP contribution in [-0.2, 0) is 0 Å². The Morgan fingerprint density at radius 2 is 1.66 bits per heavy atom. The van der Waals surface area contributed by atoms with Crippen LogP contribution in [0.5, 0.6) is 0 Å². The summed E-state index contributed by atoms with van der Waals surface area (Å²) in [7, 11) is 0. The lowest BCUT2D eigenvalue weighted by molar-refractivity contribution is 0.0986. The molecule has 0 saturated heterocycles. The minimum Gasteiger partial charge on any atom is -0.338 e. The summed E-state index contributed by atoms with van der Waals surface area (Å²) in [6.45, 7) is 3.03. The van der Waals surface area contributed by atoms with Crippen molar-refractivity contribution >= 4 is 17.6 Å². The van der Waals surface area contributed by atoms with Crippen molar-refractivity contribution in [3.8, 4) is 0 Å². The molecular formula is C24H31N3O2. The van der Waals surface area contributed by atoms with Crippen LogP contribution in [0, 0.1) is 6.92 Å². The van der Waals surface area contributed by atoms with Gasteiger partial charge >= 0.3 is 6.03 Å². The fraction of sp³-hybridized carbons (Fsp3) is 0.417. The third-order valence-electron chi connectivity index (χ3n) is 5.47. The Hall–Kier alpha value is -2.82. The van der Waals surface area contributed by atoms with Gasteiger partial charge in [-0.3, -0.25) is 4.79 Å². The molecule has 1 aliphatic carbocycles. The Morgan fingerprint density at radius 3 is 2.38 bits per heavy atom. The molecule has 1 saturated carbocycles. The Kier molecular flexibility index (Phi) is 7.68. The lowest BCUT2D eigenvalue weighted by Crippen LogP contribution is -2.43. The van der Waals surface area contributed by atoms with E-state index in [1.165, 1.54) is 19.3 Å². The number of benzene rings is 2. The maximum atomic E-state index is 13.2. The number of carbonyl (C=O) groups is 2. The maximum Gasteiger partial charge on any atom is 0.315 e. The largest absolute Gasteiger partial charge is 0.338 e. The van der Waals surface area contributed by atoms with E-state index in [2.05, 4.69) is 10.6 Å². The summed E-state index contributed by atoms with van der Waals surface area (Å²) in [4.78, 5) is 27.1. The van der Waals surface area contributed by atoms with Crippen LogP contribution >= 0.6 is 0 Å². The van der Waals surface area contributed by atoms with Crippen LogP contribution in [0.25, 0.3) is 0 Å². The normalized spacial score (nSPS) is 14.2. The highest BCUT2D eigenvalue weighted by molar-refractivity contribution is 6.07. The summed E-state index contributed by atoms with van der Waals surface area (Å²) in [5.74, 6) is -0.0130. The van der Waals surface area contributed by atoms with Gasteiger partial charge < -0.3 is 15.5 Å². The average molecular weight is 394 g/mol. The second-order valence-electron chi connectivity index (χ2n) is 7.70. The van der Waals surface area contributed by atoms with Crippen molar-refractivity contribution in [2.75, 3.05) is 18.0 Å². The highest BCUT2D eigenvalue weighted by atomic mass is 16.2. The average Bonchev–Trinajstić information content (AvgIpc) is 2.75. The molecule has 0 aliphatic heterocycles. The number of hydrogen-bond acceptors (Lipinski definition) is 2. The van der Waals surface area contributed by atoms with E-state index in [9.17, 15) is 9.59 Å². The molecule has 0 aromatic heterocycles. The van der Waals surface area contributed by atoms with Crippen LogP contribution in [0.4, 0.5) is 10.5 Å². The van der Waals surface area contributed by atoms with Crippen molar-refractivity contribution in [2.45, 2.75) is 51.5 Å². The fourth-order valence-electron chi connectivity index (χ4n) is 3.84. The van der Waals surface area contributed by atoms with E-state index in [-0.39, 0.29) is 11.9 Å².